The number of hydrogen-bond donors (Lipinski definition) is 2. The molecular weight excluding hydrogens is 378 g/mol. The van der Waals surface area contributed by atoms with E-state index in [4.69, 9.17) is 0 Å². The lowest BCUT2D eigenvalue weighted by atomic mass is 10.1. The van der Waals surface area contributed by atoms with Crippen molar-refractivity contribution >= 4 is 27.5 Å². The van der Waals surface area contributed by atoms with Crippen molar-refractivity contribution in [3.63, 3.8) is 0 Å². The highest BCUT2D eigenvalue weighted by Gasteiger charge is 2.34. The topological polar surface area (TPSA) is 95.6 Å². The van der Waals surface area contributed by atoms with Gasteiger partial charge in [0.25, 0.3) is 0 Å². The highest BCUT2D eigenvalue weighted by molar-refractivity contribution is 7.88. The standard InChI is InChI=1S/C20H23N3O4S/c1-21-28(26,27)14-16-9-7-15(8-10-16)12-22-20(25)17-11-19(24)23(13-17)18-5-3-2-4-6-18/h2-10,17,21H,11-14H2,1H3,(H,22,25). The van der Waals surface area contributed by atoms with Gasteiger partial charge in [-0.2, -0.15) is 0 Å². The number of para-hydroxylation sites is 1. The number of carbonyl (C=O) groups is 2. The molecule has 0 saturated carbocycles. The van der Waals surface area contributed by atoms with Crippen molar-refractivity contribution in [2.24, 2.45) is 5.92 Å². The number of hydrogen-bond acceptors (Lipinski definition) is 4. The monoisotopic (exact) mass is 401 g/mol. The molecule has 1 unspecified atom stereocenters. The molecule has 1 heterocycles. The summed E-state index contributed by atoms with van der Waals surface area (Å²) in [5.74, 6) is -0.682. The van der Waals surface area contributed by atoms with Gasteiger partial charge in [0.1, 0.15) is 0 Å². The number of nitrogens with zero attached hydrogens (tertiary/aromatic N) is 1. The Balaban J connectivity index is 1.54. The summed E-state index contributed by atoms with van der Waals surface area (Å²) in [7, 11) is -1.93. The summed E-state index contributed by atoms with van der Waals surface area (Å²) >= 11 is 0. The highest BCUT2D eigenvalue weighted by atomic mass is 32.2. The van der Waals surface area contributed by atoms with Crippen molar-refractivity contribution in [1.82, 2.24) is 10.0 Å². The minimum atomic E-state index is -3.31. The molecule has 1 atom stereocenters. The Kier molecular flexibility index (Phi) is 6.11. The lowest BCUT2D eigenvalue weighted by Gasteiger charge is -2.16. The first-order chi connectivity index (χ1) is 13.4. The van der Waals surface area contributed by atoms with Crippen LogP contribution in [0.15, 0.2) is 54.6 Å². The van der Waals surface area contributed by atoms with Gasteiger partial charge < -0.3 is 10.2 Å². The molecule has 28 heavy (non-hydrogen) atoms. The third kappa shape index (κ3) is 4.96. The molecule has 0 spiro atoms. The summed E-state index contributed by atoms with van der Waals surface area (Å²) in [6.07, 6.45) is 0.196. The lowest BCUT2D eigenvalue weighted by molar-refractivity contribution is -0.126. The Morgan fingerprint density at radius 3 is 2.36 bits per heavy atom. The van der Waals surface area contributed by atoms with Crippen molar-refractivity contribution in [3.05, 3.63) is 65.7 Å². The van der Waals surface area contributed by atoms with Crippen molar-refractivity contribution < 1.29 is 18.0 Å². The largest absolute Gasteiger partial charge is 0.352 e. The summed E-state index contributed by atoms with van der Waals surface area (Å²) in [4.78, 5) is 26.3. The molecule has 1 fully saturated rings. The smallest absolute Gasteiger partial charge is 0.227 e. The molecule has 1 aliphatic rings. The number of nitrogens with one attached hydrogen (secondary N) is 2. The van der Waals surface area contributed by atoms with Crippen molar-refractivity contribution in [1.29, 1.82) is 0 Å². The molecule has 3 rings (SSSR count). The van der Waals surface area contributed by atoms with Gasteiger partial charge in [0.2, 0.25) is 21.8 Å². The van der Waals surface area contributed by atoms with Gasteiger partial charge in [-0.3, -0.25) is 9.59 Å². The van der Waals surface area contributed by atoms with E-state index >= 15 is 0 Å². The fourth-order valence-electron chi connectivity index (χ4n) is 3.12. The number of benzene rings is 2. The van der Waals surface area contributed by atoms with Gasteiger partial charge in [0.05, 0.1) is 11.7 Å². The molecule has 7 nitrogen and oxygen atoms in total. The van der Waals surface area contributed by atoms with E-state index in [0.29, 0.717) is 18.7 Å². The first kappa shape index (κ1) is 20.0. The number of anilines is 1. The fraction of sp³-hybridized carbons (Fsp3) is 0.300. The van der Waals surface area contributed by atoms with Crippen LogP contribution < -0.4 is 14.9 Å². The Morgan fingerprint density at radius 1 is 1.07 bits per heavy atom. The second-order valence-corrected chi connectivity index (χ2v) is 8.66. The van der Waals surface area contributed by atoms with Gasteiger partial charge in [-0.1, -0.05) is 42.5 Å². The molecular formula is C20H23N3O4S. The van der Waals surface area contributed by atoms with Gasteiger partial charge in [-0.25, -0.2) is 13.1 Å². The molecule has 2 N–H and O–H groups in total. The number of amides is 2. The molecule has 8 heteroatoms. The van der Waals surface area contributed by atoms with E-state index in [2.05, 4.69) is 10.0 Å². The Morgan fingerprint density at radius 2 is 1.71 bits per heavy atom. The van der Waals surface area contributed by atoms with E-state index in [1.807, 2.05) is 30.3 Å². The molecule has 0 radical (unpaired) electrons. The van der Waals surface area contributed by atoms with Gasteiger partial charge >= 0.3 is 0 Å². The van der Waals surface area contributed by atoms with Crippen LogP contribution in [0.25, 0.3) is 0 Å². The number of carbonyl (C=O) groups excluding carboxylic acids is 2. The van der Waals surface area contributed by atoms with Gasteiger partial charge in [-0.05, 0) is 30.3 Å². The molecule has 0 bridgehead atoms. The maximum atomic E-state index is 12.5. The first-order valence-corrected chi connectivity index (χ1v) is 10.7. The van der Waals surface area contributed by atoms with Gasteiger partial charge in [0.15, 0.2) is 0 Å². The molecule has 0 aromatic heterocycles. The van der Waals surface area contributed by atoms with Gasteiger partial charge in [-0.15, -0.1) is 0 Å². The van der Waals surface area contributed by atoms with Crippen LogP contribution in [0.4, 0.5) is 5.69 Å². The average molecular weight is 401 g/mol. The quantitative estimate of drug-likeness (QED) is 0.733. The van der Waals surface area contributed by atoms with Crippen LogP contribution in [0, 0.1) is 5.92 Å². The fourth-order valence-corrected chi connectivity index (χ4v) is 3.89. The number of rotatable bonds is 7. The maximum absolute atomic E-state index is 12.5. The van der Waals surface area contributed by atoms with Crippen molar-refractivity contribution in [3.8, 4) is 0 Å². The van der Waals surface area contributed by atoms with Crippen LogP contribution in [0.3, 0.4) is 0 Å². The summed E-state index contributed by atoms with van der Waals surface area (Å²) in [5, 5.41) is 2.86. The molecule has 2 aromatic rings. The Hall–Kier alpha value is -2.71. The molecule has 2 aromatic carbocycles. The predicted octanol–water partition coefficient (Wildman–Crippen LogP) is 1.41. The van der Waals surface area contributed by atoms with Crippen LogP contribution in [-0.4, -0.2) is 33.8 Å². The summed E-state index contributed by atoms with van der Waals surface area (Å²) in [5.41, 5.74) is 2.34. The van der Waals surface area contributed by atoms with Crippen LogP contribution in [0.5, 0.6) is 0 Å². The second kappa shape index (κ2) is 8.53. The Bertz CT molecular complexity index is 943. The molecule has 1 saturated heterocycles. The zero-order valence-corrected chi connectivity index (χ0v) is 16.4. The molecule has 2 amide bonds. The molecule has 1 aliphatic heterocycles. The van der Waals surface area contributed by atoms with Crippen LogP contribution in [-0.2, 0) is 31.9 Å². The van der Waals surface area contributed by atoms with Crippen molar-refractivity contribution in [2.45, 2.75) is 18.7 Å². The third-order valence-corrected chi connectivity index (χ3v) is 6.06. The van der Waals surface area contributed by atoms with Crippen molar-refractivity contribution in [2.75, 3.05) is 18.5 Å². The highest BCUT2D eigenvalue weighted by Crippen LogP contribution is 2.24. The first-order valence-electron chi connectivity index (χ1n) is 9.00. The zero-order valence-electron chi connectivity index (χ0n) is 15.6. The predicted molar refractivity (Wildman–Crippen MR) is 107 cm³/mol. The van der Waals surface area contributed by atoms with E-state index in [0.717, 1.165) is 11.3 Å². The van der Waals surface area contributed by atoms with E-state index in [9.17, 15) is 18.0 Å². The summed E-state index contributed by atoms with van der Waals surface area (Å²) in [6, 6.07) is 16.4. The average Bonchev–Trinajstić information content (AvgIpc) is 3.09. The minimum absolute atomic E-state index is 0.0542. The van der Waals surface area contributed by atoms with Crippen LogP contribution >= 0.6 is 0 Å². The number of sulfonamides is 1. The van der Waals surface area contributed by atoms with E-state index in [1.165, 1.54) is 7.05 Å². The van der Waals surface area contributed by atoms with E-state index in [-0.39, 0.29) is 29.9 Å². The van der Waals surface area contributed by atoms with Crippen LogP contribution in [0.2, 0.25) is 0 Å². The normalized spacial score (nSPS) is 17.0. The second-order valence-electron chi connectivity index (χ2n) is 6.74. The lowest BCUT2D eigenvalue weighted by Crippen LogP contribution is -2.32. The van der Waals surface area contributed by atoms with Gasteiger partial charge in [0, 0.05) is 25.2 Å². The summed E-state index contributed by atoms with van der Waals surface area (Å²) < 4.78 is 25.4. The third-order valence-electron chi connectivity index (χ3n) is 4.72. The zero-order chi connectivity index (χ0) is 20.1. The molecule has 148 valence electrons. The van der Waals surface area contributed by atoms with Crippen LogP contribution in [0.1, 0.15) is 17.5 Å². The molecule has 0 aliphatic carbocycles. The van der Waals surface area contributed by atoms with E-state index < -0.39 is 10.0 Å². The summed E-state index contributed by atoms with van der Waals surface area (Å²) in [6.45, 7) is 0.698. The minimum Gasteiger partial charge on any atom is -0.352 e. The van der Waals surface area contributed by atoms with E-state index in [1.54, 1.807) is 29.2 Å². The maximum Gasteiger partial charge on any atom is 0.227 e. The SMILES string of the molecule is CNS(=O)(=O)Cc1ccc(CNC(=O)C2CC(=O)N(c3ccccc3)C2)cc1. The Labute approximate surface area is 164 Å².